The zero-order chi connectivity index (χ0) is 12.1. The minimum Gasteiger partial charge on any atom is -0.428 e. The number of halogens is 1. The lowest BCUT2D eigenvalue weighted by atomic mass is 10.3. The fraction of sp³-hybridized carbons (Fsp3) is 0.400. The molecule has 2 amide bonds. The normalized spacial score (nSPS) is 13.6. The van der Waals surface area contributed by atoms with Gasteiger partial charge in [-0.1, -0.05) is 18.5 Å². The van der Waals surface area contributed by atoms with Crippen LogP contribution in [0.15, 0.2) is 23.3 Å². The molecule has 16 heavy (non-hydrogen) atoms. The third-order valence-corrected chi connectivity index (χ3v) is 2.37. The number of aromatic nitrogens is 1. The van der Waals surface area contributed by atoms with Crippen molar-refractivity contribution in [3.63, 3.8) is 0 Å². The van der Waals surface area contributed by atoms with Crippen molar-refractivity contribution in [3.05, 3.63) is 28.8 Å². The Labute approximate surface area is 98.3 Å². The van der Waals surface area contributed by atoms with E-state index >= 15 is 0 Å². The van der Waals surface area contributed by atoms with Crippen LogP contribution in [0.1, 0.15) is 20.3 Å². The van der Waals surface area contributed by atoms with Crippen molar-refractivity contribution in [2.24, 2.45) is 4.99 Å². The van der Waals surface area contributed by atoms with Crippen LogP contribution in [0.4, 0.5) is 4.79 Å². The second-order valence-electron chi connectivity index (χ2n) is 3.42. The standard InChI is InChI=1S/C10H14ClN3O2/c1-3-7(2)12-10(15)13-8-4-5-14(16)9(11)6-8/h4-7,16H,3H2,1-2H3,(H,12,15)/b13-8-. The predicted molar refractivity (Wildman–Crippen MR) is 60.5 cm³/mol. The molecule has 0 radical (unpaired) electrons. The molecule has 0 aromatic carbocycles. The van der Waals surface area contributed by atoms with Gasteiger partial charge in [-0.15, -0.1) is 0 Å². The Bertz CT molecular complexity index is 442. The molecule has 0 aliphatic carbocycles. The van der Waals surface area contributed by atoms with Crippen molar-refractivity contribution in [1.29, 1.82) is 0 Å². The molecule has 1 aromatic rings. The first-order valence-corrected chi connectivity index (χ1v) is 5.33. The summed E-state index contributed by atoms with van der Waals surface area (Å²) in [4.78, 5) is 15.2. The molecule has 6 heteroatoms. The number of rotatable bonds is 2. The van der Waals surface area contributed by atoms with Gasteiger partial charge < -0.3 is 10.5 Å². The van der Waals surface area contributed by atoms with E-state index in [-0.39, 0.29) is 11.2 Å². The number of carbonyl (C=O) groups is 1. The van der Waals surface area contributed by atoms with Gasteiger partial charge in [-0.25, -0.2) is 4.79 Å². The number of amides is 2. The first-order chi connectivity index (χ1) is 7.52. The lowest BCUT2D eigenvalue weighted by molar-refractivity contribution is 0.185. The number of nitrogens with one attached hydrogen (secondary N) is 1. The quantitative estimate of drug-likeness (QED) is 0.614. The Balaban J connectivity index is 2.83. The van der Waals surface area contributed by atoms with Gasteiger partial charge in [0.1, 0.15) is 5.15 Å². The van der Waals surface area contributed by atoms with Gasteiger partial charge in [0.05, 0.1) is 5.36 Å². The van der Waals surface area contributed by atoms with Crippen LogP contribution in [0.3, 0.4) is 0 Å². The van der Waals surface area contributed by atoms with Crippen molar-refractivity contribution in [1.82, 2.24) is 10.0 Å². The largest absolute Gasteiger partial charge is 0.428 e. The maximum absolute atomic E-state index is 11.4. The third-order valence-electron chi connectivity index (χ3n) is 2.09. The van der Waals surface area contributed by atoms with E-state index in [1.54, 1.807) is 0 Å². The molecule has 0 aliphatic rings. The number of urea groups is 1. The average Bonchev–Trinajstić information content (AvgIpc) is 2.23. The number of hydrogen-bond acceptors (Lipinski definition) is 2. The highest BCUT2D eigenvalue weighted by atomic mass is 35.5. The van der Waals surface area contributed by atoms with Gasteiger partial charge in [-0.3, -0.25) is 0 Å². The molecule has 0 fully saturated rings. The van der Waals surface area contributed by atoms with E-state index in [2.05, 4.69) is 10.3 Å². The highest BCUT2D eigenvalue weighted by Crippen LogP contribution is 2.00. The fourth-order valence-electron chi connectivity index (χ4n) is 0.986. The van der Waals surface area contributed by atoms with E-state index in [0.29, 0.717) is 5.36 Å². The Morgan fingerprint density at radius 1 is 1.75 bits per heavy atom. The van der Waals surface area contributed by atoms with Crippen LogP contribution in [-0.4, -0.2) is 22.0 Å². The van der Waals surface area contributed by atoms with Crippen molar-refractivity contribution < 1.29 is 10.0 Å². The molecule has 5 nitrogen and oxygen atoms in total. The number of pyridine rings is 1. The lowest BCUT2D eigenvalue weighted by Gasteiger charge is -2.07. The van der Waals surface area contributed by atoms with E-state index in [1.807, 2.05) is 13.8 Å². The van der Waals surface area contributed by atoms with Crippen LogP contribution < -0.4 is 10.7 Å². The lowest BCUT2D eigenvalue weighted by Crippen LogP contribution is -2.30. The van der Waals surface area contributed by atoms with E-state index < -0.39 is 6.03 Å². The van der Waals surface area contributed by atoms with Crippen LogP contribution in [0.2, 0.25) is 5.15 Å². The molecule has 1 aromatic heterocycles. The van der Waals surface area contributed by atoms with E-state index in [9.17, 15) is 4.79 Å². The van der Waals surface area contributed by atoms with Gasteiger partial charge in [0.2, 0.25) is 0 Å². The summed E-state index contributed by atoms with van der Waals surface area (Å²) < 4.78 is 0.743. The van der Waals surface area contributed by atoms with Crippen molar-refractivity contribution in [2.75, 3.05) is 0 Å². The summed E-state index contributed by atoms with van der Waals surface area (Å²) in [5.41, 5.74) is 0. The average molecular weight is 244 g/mol. The molecule has 1 atom stereocenters. The molecule has 1 unspecified atom stereocenters. The zero-order valence-electron chi connectivity index (χ0n) is 9.14. The maximum atomic E-state index is 11.4. The summed E-state index contributed by atoms with van der Waals surface area (Å²) in [5.74, 6) is 0. The van der Waals surface area contributed by atoms with Crippen molar-refractivity contribution in [2.45, 2.75) is 26.3 Å². The fourth-order valence-corrected chi connectivity index (χ4v) is 1.15. The molecule has 1 heterocycles. The third kappa shape index (κ3) is 3.58. The highest BCUT2D eigenvalue weighted by Gasteiger charge is 2.02. The molecule has 0 saturated heterocycles. The number of carbonyl (C=O) groups excluding carboxylic acids is 1. The summed E-state index contributed by atoms with van der Waals surface area (Å²) in [7, 11) is 0. The Morgan fingerprint density at radius 2 is 2.44 bits per heavy atom. The van der Waals surface area contributed by atoms with Gasteiger partial charge in [-0.2, -0.15) is 9.72 Å². The minimum absolute atomic E-state index is 0.0817. The Hall–Kier alpha value is -1.49. The van der Waals surface area contributed by atoms with Gasteiger partial charge in [0.15, 0.2) is 0 Å². The molecule has 1 rings (SSSR count). The van der Waals surface area contributed by atoms with Crippen molar-refractivity contribution >= 4 is 17.6 Å². The molecule has 88 valence electrons. The molecule has 2 N–H and O–H groups in total. The topological polar surface area (TPSA) is 66.6 Å². The minimum atomic E-state index is -0.416. The second-order valence-corrected chi connectivity index (χ2v) is 3.81. The highest BCUT2D eigenvalue weighted by molar-refractivity contribution is 6.29. The molecule has 0 bridgehead atoms. The first kappa shape index (κ1) is 12.6. The number of nitrogens with zero attached hydrogens (tertiary/aromatic N) is 2. The summed E-state index contributed by atoms with van der Waals surface area (Å²) in [5, 5.41) is 12.3. The summed E-state index contributed by atoms with van der Waals surface area (Å²) in [6.45, 7) is 3.87. The SMILES string of the molecule is CCC(C)NC(=O)/N=c1/ccn(O)c(Cl)c1. The monoisotopic (exact) mass is 243 g/mol. The molecule has 0 aliphatic heterocycles. The molecular weight excluding hydrogens is 230 g/mol. The molecular formula is C10H14ClN3O2. The Morgan fingerprint density at radius 3 is 3.00 bits per heavy atom. The summed E-state index contributed by atoms with van der Waals surface area (Å²) >= 11 is 5.65. The Kier molecular flexibility index (Phi) is 4.37. The smallest absolute Gasteiger partial charge is 0.341 e. The summed E-state index contributed by atoms with van der Waals surface area (Å²) in [6, 6.07) is 2.55. The zero-order valence-corrected chi connectivity index (χ0v) is 9.90. The maximum Gasteiger partial charge on any atom is 0.341 e. The van der Waals surface area contributed by atoms with Gasteiger partial charge in [0.25, 0.3) is 0 Å². The van der Waals surface area contributed by atoms with Crippen LogP contribution in [0.5, 0.6) is 0 Å². The van der Waals surface area contributed by atoms with Gasteiger partial charge in [0, 0.05) is 18.3 Å². The van der Waals surface area contributed by atoms with Crippen LogP contribution >= 0.6 is 11.6 Å². The second kappa shape index (κ2) is 5.55. The van der Waals surface area contributed by atoms with E-state index in [0.717, 1.165) is 11.2 Å². The van der Waals surface area contributed by atoms with Crippen LogP contribution in [0.25, 0.3) is 0 Å². The van der Waals surface area contributed by atoms with Gasteiger partial charge in [-0.05, 0) is 19.4 Å². The molecule has 0 saturated carbocycles. The number of hydrogen-bond donors (Lipinski definition) is 2. The van der Waals surface area contributed by atoms with Gasteiger partial charge >= 0.3 is 6.03 Å². The van der Waals surface area contributed by atoms with E-state index in [4.69, 9.17) is 16.8 Å². The van der Waals surface area contributed by atoms with Crippen LogP contribution in [-0.2, 0) is 0 Å². The van der Waals surface area contributed by atoms with Crippen molar-refractivity contribution in [3.8, 4) is 0 Å². The first-order valence-electron chi connectivity index (χ1n) is 4.95. The summed E-state index contributed by atoms with van der Waals surface area (Å²) in [6.07, 6.45) is 2.16. The predicted octanol–water partition coefficient (Wildman–Crippen LogP) is 1.79. The molecule has 0 spiro atoms. The van der Waals surface area contributed by atoms with E-state index in [1.165, 1.54) is 18.3 Å². The van der Waals surface area contributed by atoms with Crippen LogP contribution in [0, 0.1) is 0 Å².